The number of pyridine rings is 1. The molecular weight excluding hydrogens is 231 g/mol. The van der Waals surface area contributed by atoms with Crippen molar-refractivity contribution in [1.29, 1.82) is 0 Å². The van der Waals surface area contributed by atoms with E-state index < -0.39 is 16.7 Å². The van der Waals surface area contributed by atoms with Crippen LogP contribution in [0.1, 0.15) is 10.4 Å². The number of halogens is 1. The van der Waals surface area contributed by atoms with Gasteiger partial charge in [0.05, 0.1) is 0 Å². The van der Waals surface area contributed by atoms with Crippen molar-refractivity contribution >= 4 is 16.7 Å². The highest BCUT2D eigenvalue weighted by Crippen LogP contribution is 2.08. The second-order valence-corrected chi connectivity index (χ2v) is 5.20. The first-order chi connectivity index (χ1) is 7.66. The van der Waals surface area contributed by atoms with Crippen molar-refractivity contribution in [3.63, 3.8) is 0 Å². The van der Waals surface area contributed by atoms with Gasteiger partial charge in [-0.1, -0.05) is 0 Å². The van der Waals surface area contributed by atoms with E-state index in [1.165, 1.54) is 12.3 Å². The fraction of sp³-hybridized carbons (Fsp3) is 0.400. The lowest BCUT2D eigenvalue weighted by Gasteiger charge is -2.26. The van der Waals surface area contributed by atoms with E-state index in [0.29, 0.717) is 30.2 Å². The molecule has 0 aliphatic carbocycles. The SMILES string of the molecule is O=C(c1ccnc(F)c1)N1CCS(=O)CC1. The Balaban J connectivity index is 2.10. The molecule has 1 aromatic heterocycles. The Morgan fingerprint density at radius 3 is 2.75 bits per heavy atom. The minimum Gasteiger partial charge on any atom is -0.337 e. The predicted molar refractivity (Wildman–Crippen MR) is 58.0 cm³/mol. The largest absolute Gasteiger partial charge is 0.337 e. The molecule has 0 saturated carbocycles. The van der Waals surface area contributed by atoms with E-state index in [0.717, 1.165) is 6.07 Å². The Labute approximate surface area is 94.9 Å². The molecule has 4 nitrogen and oxygen atoms in total. The second kappa shape index (κ2) is 4.69. The Kier molecular flexibility index (Phi) is 3.28. The summed E-state index contributed by atoms with van der Waals surface area (Å²) in [6.45, 7) is 0.935. The van der Waals surface area contributed by atoms with Crippen molar-refractivity contribution in [3.05, 3.63) is 29.8 Å². The van der Waals surface area contributed by atoms with Crippen LogP contribution in [0.2, 0.25) is 0 Å². The number of hydrogen-bond donors (Lipinski definition) is 0. The summed E-state index contributed by atoms with van der Waals surface area (Å²) in [4.78, 5) is 16.9. The number of nitrogens with zero attached hydrogens (tertiary/aromatic N) is 2. The normalized spacial score (nSPS) is 17.4. The minimum atomic E-state index is -0.819. The van der Waals surface area contributed by atoms with Gasteiger partial charge in [-0.15, -0.1) is 0 Å². The lowest BCUT2D eigenvalue weighted by atomic mass is 10.2. The van der Waals surface area contributed by atoms with Crippen LogP contribution in [-0.4, -0.2) is 44.6 Å². The molecule has 0 radical (unpaired) electrons. The molecule has 1 aliphatic rings. The van der Waals surface area contributed by atoms with Gasteiger partial charge in [0.1, 0.15) is 0 Å². The number of amides is 1. The first-order valence-corrected chi connectivity index (χ1v) is 6.41. The molecule has 16 heavy (non-hydrogen) atoms. The zero-order valence-corrected chi connectivity index (χ0v) is 9.37. The highest BCUT2D eigenvalue weighted by Gasteiger charge is 2.21. The monoisotopic (exact) mass is 242 g/mol. The van der Waals surface area contributed by atoms with E-state index in [1.54, 1.807) is 4.90 Å². The van der Waals surface area contributed by atoms with E-state index in [2.05, 4.69) is 4.98 Å². The van der Waals surface area contributed by atoms with E-state index in [4.69, 9.17) is 0 Å². The van der Waals surface area contributed by atoms with E-state index in [9.17, 15) is 13.4 Å². The fourth-order valence-corrected chi connectivity index (χ4v) is 2.61. The molecule has 2 rings (SSSR count). The summed E-state index contributed by atoms with van der Waals surface area (Å²) in [5, 5.41) is 0. The smallest absolute Gasteiger partial charge is 0.254 e. The highest BCUT2D eigenvalue weighted by molar-refractivity contribution is 7.85. The maximum atomic E-state index is 12.8. The van der Waals surface area contributed by atoms with Gasteiger partial charge in [-0.05, 0) is 6.07 Å². The lowest BCUT2D eigenvalue weighted by molar-refractivity contribution is 0.0770. The number of hydrogen-bond acceptors (Lipinski definition) is 3. The summed E-state index contributed by atoms with van der Waals surface area (Å²) in [6.07, 6.45) is 1.27. The van der Waals surface area contributed by atoms with Crippen LogP contribution >= 0.6 is 0 Å². The summed E-state index contributed by atoms with van der Waals surface area (Å²) in [6, 6.07) is 2.60. The molecule has 1 amide bonds. The van der Waals surface area contributed by atoms with Crippen LogP contribution in [0.25, 0.3) is 0 Å². The van der Waals surface area contributed by atoms with E-state index in [-0.39, 0.29) is 5.91 Å². The van der Waals surface area contributed by atoms with Crippen LogP contribution in [0.15, 0.2) is 18.3 Å². The molecule has 86 valence electrons. The molecule has 1 saturated heterocycles. The topological polar surface area (TPSA) is 50.3 Å². The number of rotatable bonds is 1. The second-order valence-electron chi connectivity index (χ2n) is 3.51. The Morgan fingerprint density at radius 2 is 2.12 bits per heavy atom. The zero-order valence-electron chi connectivity index (χ0n) is 8.56. The van der Waals surface area contributed by atoms with Gasteiger partial charge in [0, 0.05) is 53.2 Å². The number of aromatic nitrogens is 1. The van der Waals surface area contributed by atoms with Gasteiger partial charge in [0.15, 0.2) is 0 Å². The molecule has 0 aromatic carbocycles. The number of carbonyl (C=O) groups excluding carboxylic acids is 1. The molecule has 0 spiro atoms. The molecule has 0 N–H and O–H groups in total. The van der Waals surface area contributed by atoms with Crippen LogP contribution in [0.4, 0.5) is 4.39 Å². The minimum absolute atomic E-state index is 0.224. The molecule has 1 aromatic rings. The molecule has 0 bridgehead atoms. The third kappa shape index (κ3) is 2.44. The molecule has 0 atom stereocenters. The first-order valence-electron chi connectivity index (χ1n) is 4.92. The summed E-state index contributed by atoms with van der Waals surface area (Å²) in [7, 11) is -0.819. The van der Waals surface area contributed by atoms with Gasteiger partial charge in [0.25, 0.3) is 5.91 Å². The van der Waals surface area contributed by atoms with Gasteiger partial charge in [-0.2, -0.15) is 4.39 Å². The average Bonchev–Trinajstić information content (AvgIpc) is 2.29. The van der Waals surface area contributed by atoms with Crippen LogP contribution in [-0.2, 0) is 10.8 Å². The van der Waals surface area contributed by atoms with Gasteiger partial charge in [0.2, 0.25) is 5.95 Å². The van der Waals surface area contributed by atoms with E-state index >= 15 is 0 Å². The predicted octanol–water partition coefficient (Wildman–Crippen LogP) is 0.425. The lowest BCUT2D eigenvalue weighted by Crippen LogP contribution is -2.41. The van der Waals surface area contributed by atoms with Crippen molar-refractivity contribution in [2.75, 3.05) is 24.6 Å². The Morgan fingerprint density at radius 1 is 1.44 bits per heavy atom. The Hall–Kier alpha value is -1.30. The fourth-order valence-electron chi connectivity index (χ4n) is 1.56. The van der Waals surface area contributed by atoms with Gasteiger partial charge in [-0.3, -0.25) is 9.00 Å². The third-order valence-electron chi connectivity index (χ3n) is 2.44. The van der Waals surface area contributed by atoms with Crippen molar-refractivity contribution in [2.24, 2.45) is 0 Å². The van der Waals surface area contributed by atoms with Crippen molar-refractivity contribution in [3.8, 4) is 0 Å². The molecule has 1 aliphatic heterocycles. The maximum absolute atomic E-state index is 12.8. The Bertz CT molecular complexity index is 429. The standard InChI is InChI=1S/C10H11FN2O2S/c11-9-7-8(1-2-12-9)10(14)13-3-5-16(15)6-4-13/h1-2,7H,3-6H2. The molecular formula is C10H11FN2O2S. The summed E-state index contributed by atoms with van der Waals surface area (Å²) in [5.74, 6) is 0.114. The quantitative estimate of drug-likeness (QED) is 0.671. The molecule has 2 heterocycles. The molecule has 6 heteroatoms. The van der Waals surface area contributed by atoms with E-state index in [1.807, 2.05) is 0 Å². The van der Waals surface area contributed by atoms with Gasteiger partial charge >= 0.3 is 0 Å². The van der Waals surface area contributed by atoms with Crippen molar-refractivity contribution < 1.29 is 13.4 Å². The first kappa shape index (κ1) is 11.2. The van der Waals surface area contributed by atoms with Crippen LogP contribution < -0.4 is 0 Å². The average molecular weight is 242 g/mol. The van der Waals surface area contributed by atoms with Crippen LogP contribution in [0.5, 0.6) is 0 Å². The summed E-state index contributed by atoms with van der Waals surface area (Å²) < 4.78 is 24.0. The highest BCUT2D eigenvalue weighted by atomic mass is 32.2. The third-order valence-corrected chi connectivity index (χ3v) is 3.71. The van der Waals surface area contributed by atoms with Gasteiger partial charge < -0.3 is 4.90 Å². The van der Waals surface area contributed by atoms with Crippen LogP contribution in [0, 0.1) is 5.95 Å². The molecule has 1 fully saturated rings. The zero-order chi connectivity index (χ0) is 11.5. The number of carbonyl (C=O) groups is 1. The molecule has 0 unspecified atom stereocenters. The van der Waals surface area contributed by atoms with Crippen molar-refractivity contribution in [1.82, 2.24) is 9.88 Å². The summed E-state index contributed by atoms with van der Waals surface area (Å²) >= 11 is 0. The summed E-state index contributed by atoms with van der Waals surface area (Å²) in [5.41, 5.74) is 0.292. The van der Waals surface area contributed by atoms with Crippen LogP contribution in [0.3, 0.4) is 0 Å². The van der Waals surface area contributed by atoms with Gasteiger partial charge in [-0.25, -0.2) is 4.98 Å². The maximum Gasteiger partial charge on any atom is 0.254 e. The van der Waals surface area contributed by atoms with Crippen molar-refractivity contribution in [2.45, 2.75) is 0 Å².